The Bertz CT molecular complexity index is 908. The normalized spacial score (nSPS) is 15.6. The van der Waals surface area contributed by atoms with Crippen LogP contribution in [0.4, 0.5) is 0 Å². The molecule has 3 aromatic carbocycles. The Labute approximate surface area is 163 Å². The first-order valence-corrected chi connectivity index (χ1v) is 10.0. The van der Waals surface area contributed by atoms with E-state index in [0.29, 0.717) is 5.92 Å². The van der Waals surface area contributed by atoms with Crippen molar-refractivity contribution in [1.29, 1.82) is 0 Å². The van der Waals surface area contributed by atoms with Crippen LogP contribution in [-0.2, 0) is 25.7 Å². The minimum Gasteiger partial charge on any atom is -0.497 e. The Balaban J connectivity index is 1.53. The van der Waals surface area contributed by atoms with E-state index >= 15 is 0 Å². The lowest BCUT2D eigenvalue weighted by molar-refractivity contribution is 0.414. The SMILES string of the molecule is COc1cccc(CC2CCc3cccc(CCc4ccc(C)cc4)c32)c1. The molecule has 0 saturated carbocycles. The number of benzene rings is 3. The molecule has 1 nitrogen and oxygen atoms in total. The average molecular weight is 357 g/mol. The standard InChI is InChI=1S/C26H28O/c1-19-9-11-20(12-10-19)13-14-22-6-4-7-23-15-16-24(26(22)23)17-21-5-3-8-25(18-21)27-2/h3-12,18,24H,13-17H2,1-2H3. The van der Waals surface area contributed by atoms with Gasteiger partial charge in [-0.3, -0.25) is 0 Å². The first kappa shape index (κ1) is 17.9. The lowest BCUT2D eigenvalue weighted by Crippen LogP contribution is -2.04. The molecule has 0 radical (unpaired) electrons. The molecule has 1 aliphatic carbocycles. The summed E-state index contributed by atoms with van der Waals surface area (Å²) in [5, 5.41) is 0. The maximum atomic E-state index is 5.41. The summed E-state index contributed by atoms with van der Waals surface area (Å²) in [5.74, 6) is 1.58. The molecule has 1 aliphatic rings. The van der Waals surface area contributed by atoms with Gasteiger partial charge in [-0.05, 0) is 84.9 Å². The second kappa shape index (κ2) is 8.00. The van der Waals surface area contributed by atoms with Gasteiger partial charge in [-0.2, -0.15) is 0 Å². The smallest absolute Gasteiger partial charge is 0.119 e. The maximum Gasteiger partial charge on any atom is 0.119 e. The van der Waals surface area contributed by atoms with Crippen molar-refractivity contribution in [1.82, 2.24) is 0 Å². The van der Waals surface area contributed by atoms with Gasteiger partial charge in [-0.1, -0.05) is 60.2 Å². The van der Waals surface area contributed by atoms with Crippen molar-refractivity contribution in [2.45, 2.75) is 44.9 Å². The van der Waals surface area contributed by atoms with Crippen LogP contribution in [-0.4, -0.2) is 7.11 Å². The summed E-state index contributed by atoms with van der Waals surface area (Å²) in [7, 11) is 1.74. The molecule has 1 unspecified atom stereocenters. The third kappa shape index (κ3) is 4.08. The second-order valence-corrected chi connectivity index (χ2v) is 7.77. The highest BCUT2D eigenvalue weighted by Crippen LogP contribution is 2.38. The van der Waals surface area contributed by atoms with E-state index in [1.165, 1.54) is 29.5 Å². The molecular weight excluding hydrogens is 328 g/mol. The van der Waals surface area contributed by atoms with E-state index in [9.17, 15) is 0 Å². The largest absolute Gasteiger partial charge is 0.497 e. The van der Waals surface area contributed by atoms with Gasteiger partial charge < -0.3 is 4.74 Å². The lowest BCUT2D eigenvalue weighted by atomic mass is 9.88. The van der Waals surface area contributed by atoms with Crippen molar-refractivity contribution in [2.24, 2.45) is 0 Å². The van der Waals surface area contributed by atoms with Crippen molar-refractivity contribution in [3.05, 3.63) is 100 Å². The lowest BCUT2D eigenvalue weighted by Gasteiger charge is -2.17. The van der Waals surface area contributed by atoms with Crippen molar-refractivity contribution in [2.75, 3.05) is 7.11 Å². The van der Waals surface area contributed by atoms with Crippen LogP contribution in [0.5, 0.6) is 5.75 Å². The Kier molecular flexibility index (Phi) is 5.29. The molecule has 3 aromatic rings. The van der Waals surface area contributed by atoms with E-state index in [2.05, 4.69) is 67.6 Å². The fourth-order valence-corrected chi connectivity index (χ4v) is 4.42. The molecule has 1 heteroatoms. The average Bonchev–Trinajstić information content (AvgIpc) is 3.11. The van der Waals surface area contributed by atoms with Crippen LogP contribution in [0.1, 0.15) is 45.7 Å². The van der Waals surface area contributed by atoms with Gasteiger partial charge in [0.05, 0.1) is 7.11 Å². The summed E-state index contributed by atoms with van der Waals surface area (Å²) in [6, 6.07) is 24.4. The predicted molar refractivity (Wildman–Crippen MR) is 113 cm³/mol. The molecule has 0 saturated heterocycles. The monoisotopic (exact) mass is 356 g/mol. The molecule has 0 spiro atoms. The minimum absolute atomic E-state index is 0.626. The van der Waals surface area contributed by atoms with Gasteiger partial charge >= 0.3 is 0 Å². The summed E-state index contributed by atoms with van der Waals surface area (Å²) in [5.41, 5.74) is 8.86. The van der Waals surface area contributed by atoms with E-state index in [4.69, 9.17) is 4.74 Å². The number of ether oxygens (including phenoxy) is 1. The fourth-order valence-electron chi connectivity index (χ4n) is 4.42. The van der Waals surface area contributed by atoms with Gasteiger partial charge in [-0.25, -0.2) is 0 Å². The van der Waals surface area contributed by atoms with Crippen molar-refractivity contribution >= 4 is 0 Å². The third-order valence-corrected chi connectivity index (χ3v) is 5.88. The first-order chi connectivity index (χ1) is 13.2. The molecular formula is C26H28O. The van der Waals surface area contributed by atoms with Gasteiger partial charge in [0.25, 0.3) is 0 Å². The number of aryl methyl sites for hydroxylation is 4. The van der Waals surface area contributed by atoms with Gasteiger partial charge in [-0.15, -0.1) is 0 Å². The summed E-state index contributed by atoms with van der Waals surface area (Å²) in [6.45, 7) is 2.15. The van der Waals surface area contributed by atoms with Crippen LogP contribution < -0.4 is 4.74 Å². The molecule has 0 N–H and O–H groups in total. The Hall–Kier alpha value is -2.54. The maximum absolute atomic E-state index is 5.41. The molecule has 4 rings (SSSR count). The fraction of sp³-hybridized carbons (Fsp3) is 0.308. The highest BCUT2D eigenvalue weighted by atomic mass is 16.5. The highest BCUT2D eigenvalue weighted by Gasteiger charge is 2.25. The Morgan fingerprint density at radius 1 is 0.889 bits per heavy atom. The summed E-state index contributed by atoms with van der Waals surface area (Å²) >= 11 is 0. The predicted octanol–water partition coefficient (Wildman–Crippen LogP) is 6.06. The van der Waals surface area contributed by atoms with Crippen molar-refractivity contribution < 1.29 is 4.74 Å². The summed E-state index contributed by atoms with van der Waals surface area (Å²) < 4.78 is 5.41. The zero-order valence-corrected chi connectivity index (χ0v) is 16.4. The molecule has 27 heavy (non-hydrogen) atoms. The topological polar surface area (TPSA) is 9.23 Å². The van der Waals surface area contributed by atoms with Crippen LogP contribution in [0, 0.1) is 6.92 Å². The summed E-state index contributed by atoms with van der Waals surface area (Å²) in [4.78, 5) is 0. The molecule has 1 atom stereocenters. The number of hydrogen-bond acceptors (Lipinski definition) is 1. The third-order valence-electron chi connectivity index (χ3n) is 5.88. The van der Waals surface area contributed by atoms with Gasteiger partial charge in [0.1, 0.15) is 5.75 Å². The van der Waals surface area contributed by atoms with Crippen LogP contribution in [0.25, 0.3) is 0 Å². The number of fused-ring (bicyclic) bond motifs is 1. The zero-order chi connectivity index (χ0) is 18.6. The quantitative estimate of drug-likeness (QED) is 0.521. The molecule has 0 amide bonds. The van der Waals surface area contributed by atoms with Gasteiger partial charge in [0.2, 0.25) is 0 Å². The summed E-state index contributed by atoms with van der Waals surface area (Å²) in [6.07, 6.45) is 5.81. The van der Waals surface area contributed by atoms with Crippen molar-refractivity contribution in [3.63, 3.8) is 0 Å². The molecule has 0 bridgehead atoms. The van der Waals surface area contributed by atoms with Crippen LogP contribution in [0.15, 0.2) is 66.7 Å². The Morgan fingerprint density at radius 3 is 2.52 bits per heavy atom. The van der Waals surface area contributed by atoms with E-state index in [1.807, 2.05) is 6.07 Å². The van der Waals surface area contributed by atoms with Gasteiger partial charge in [0, 0.05) is 0 Å². The minimum atomic E-state index is 0.626. The van der Waals surface area contributed by atoms with Crippen molar-refractivity contribution in [3.8, 4) is 5.75 Å². The molecule has 0 heterocycles. The number of rotatable bonds is 6. The van der Waals surface area contributed by atoms with Crippen LogP contribution >= 0.6 is 0 Å². The molecule has 0 aliphatic heterocycles. The van der Waals surface area contributed by atoms with Crippen LogP contribution in [0.2, 0.25) is 0 Å². The Morgan fingerprint density at radius 2 is 1.70 bits per heavy atom. The molecule has 0 aromatic heterocycles. The number of hydrogen-bond donors (Lipinski definition) is 0. The van der Waals surface area contributed by atoms with E-state index in [0.717, 1.165) is 25.0 Å². The van der Waals surface area contributed by atoms with Gasteiger partial charge in [0.15, 0.2) is 0 Å². The molecule has 138 valence electrons. The van der Waals surface area contributed by atoms with E-state index < -0.39 is 0 Å². The highest BCUT2D eigenvalue weighted by molar-refractivity contribution is 5.43. The number of methoxy groups -OCH3 is 1. The van der Waals surface area contributed by atoms with E-state index in [1.54, 1.807) is 23.8 Å². The zero-order valence-electron chi connectivity index (χ0n) is 16.4. The van der Waals surface area contributed by atoms with Crippen LogP contribution in [0.3, 0.4) is 0 Å². The first-order valence-electron chi connectivity index (χ1n) is 10.0. The second-order valence-electron chi connectivity index (χ2n) is 7.77. The van der Waals surface area contributed by atoms with E-state index in [-0.39, 0.29) is 0 Å². The molecule has 0 fully saturated rings.